The number of ether oxygens (including phenoxy) is 1. The molecule has 1 fully saturated rings. The van der Waals surface area contributed by atoms with Crippen molar-refractivity contribution >= 4 is 5.91 Å². The van der Waals surface area contributed by atoms with Crippen molar-refractivity contribution in [3.05, 3.63) is 11.4 Å². The van der Waals surface area contributed by atoms with Gasteiger partial charge in [0.05, 0.1) is 6.54 Å². The van der Waals surface area contributed by atoms with Crippen LogP contribution in [0.2, 0.25) is 0 Å². The van der Waals surface area contributed by atoms with Crippen LogP contribution in [0.15, 0.2) is 4.63 Å². The van der Waals surface area contributed by atoms with Gasteiger partial charge in [-0.15, -0.1) is 0 Å². The molecule has 94 valence electrons. The second kappa shape index (κ2) is 4.83. The lowest BCUT2D eigenvalue weighted by molar-refractivity contribution is -0.150. The lowest BCUT2D eigenvalue weighted by atomic mass is 9.95. The lowest BCUT2D eigenvalue weighted by Gasteiger charge is -2.32. The molecule has 0 bridgehead atoms. The van der Waals surface area contributed by atoms with Crippen LogP contribution in [0.1, 0.15) is 37.6 Å². The smallest absolute Gasteiger partial charge is 0.252 e. The van der Waals surface area contributed by atoms with E-state index in [-0.39, 0.29) is 5.91 Å². The van der Waals surface area contributed by atoms with Gasteiger partial charge in [0.25, 0.3) is 5.91 Å². The normalized spacial score (nSPS) is 24.6. The van der Waals surface area contributed by atoms with E-state index in [1.807, 2.05) is 6.92 Å². The van der Waals surface area contributed by atoms with Gasteiger partial charge in [0, 0.05) is 6.61 Å². The Morgan fingerprint density at radius 2 is 2.29 bits per heavy atom. The van der Waals surface area contributed by atoms with Crippen molar-refractivity contribution in [1.29, 1.82) is 0 Å². The molecule has 2 heterocycles. The molecule has 1 unspecified atom stereocenters. The number of aromatic nitrogens is 2. The Balaban J connectivity index is 1.91. The zero-order chi connectivity index (χ0) is 12.3. The molecule has 6 nitrogen and oxygen atoms in total. The van der Waals surface area contributed by atoms with Crippen molar-refractivity contribution in [3.8, 4) is 0 Å². The zero-order valence-electron chi connectivity index (χ0n) is 10.2. The van der Waals surface area contributed by atoms with Gasteiger partial charge in [-0.3, -0.25) is 4.79 Å². The van der Waals surface area contributed by atoms with Gasteiger partial charge in [0.2, 0.25) is 0 Å². The molecule has 0 spiro atoms. The number of amides is 1. The summed E-state index contributed by atoms with van der Waals surface area (Å²) in [7, 11) is 0. The highest BCUT2D eigenvalue weighted by Gasteiger charge is 2.35. The fourth-order valence-corrected chi connectivity index (χ4v) is 1.87. The van der Waals surface area contributed by atoms with Gasteiger partial charge in [0.1, 0.15) is 17.0 Å². The molecule has 1 atom stereocenters. The first-order valence-corrected chi connectivity index (χ1v) is 5.82. The molecule has 2 rings (SSSR count). The van der Waals surface area contributed by atoms with Crippen LogP contribution < -0.4 is 5.32 Å². The maximum absolute atomic E-state index is 12.0. The Kier molecular flexibility index (Phi) is 3.42. The standard InChI is InChI=1S/C11H17N3O3/c1-8-9(14-17-13-8)7-12-10(15)11(2)5-3-4-6-16-11/h3-7H2,1-2H3,(H,12,15). The van der Waals surface area contributed by atoms with E-state index in [0.717, 1.165) is 19.3 Å². The first-order valence-electron chi connectivity index (χ1n) is 5.82. The number of nitrogens with zero attached hydrogens (tertiary/aromatic N) is 2. The Bertz CT molecular complexity index is 396. The number of hydrogen-bond donors (Lipinski definition) is 1. The monoisotopic (exact) mass is 239 g/mol. The summed E-state index contributed by atoms with van der Waals surface area (Å²) >= 11 is 0. The van der Waals surface area contributed by atoms with Crippen LogP contribution in [-0.4, -0.2) is 28.4 Å². The van der Waals surface area contributed by atoms with E-state index in [9.17, 15) is 4.79 Å². The van der Waals surface area contributed by atoms with Gasteiger partial charge < -0.3 is 10.1 Å². The predicted octanol–water partition coefficient (Wildman–Crippen LogP) is 0.953. The Labute approximate surface area is 99.7 Å². The minimum absolute atomic E-state index is 0.0976. The van der Waals surface area contributed by atoms with E-state index in [0.29, 0.717) is 24.5 Å². The van der Waals surface area contributed by atoms with Crippen LogP contribution >= 0.6 is 0 Å². The van der Waals surface area contributed by atoms with Gasteiger partial charge in [-0.2, -0.15) is 0 Å². The topological polar surface area (TPSA) is 77.3 Å². The summed E-state index contributed by atoms with van der Waals surface area (Å²) in [5.74, 6) is -0.0976. The summed E-state index contributed by atoms with van der Waals surface area (Å²) in [6.07, 6.45) is 2.80. The molecule has 1 amide bonds. The van der Waals surface area contributed by atoms with Gasteiger partial charge in [0.15, 0.2) is 0 Å². The van der Waals surface area contributed by atoms with Crippen molar-refractivity contribution in [3.63, 3.8) is 0 Å². The molecule has 1 aromatic heterocycles. The maximum atomic E-state index is 12.0. The minimum Gasteiger partial charge on any atom is -0.365 e. The van der Waals surface area contributed by atoms with Gasteiger partial charge in [-0.1, -0.05) is 10.3 Å². The average Bonchev–Trinajstić information content (AvgIpc) is 2.73. The molecule has 1 saturated heterocycles. The molecule has 6 heteroatoms. The highest BCUT2D eigenvalue weighted by molar-refractivity contribution is 5.84. The molecular formula is C11H17N3O3. The molecule has 1 N–H and O–H groups in total. The molecule has 17 heavy (non-hydrogen) atoms. The Morgan fingerprint density at radius 1 is 1.47 bits per heavy atom. The summed E-state index contributed by atoms with van der Waals surface area (Å²) in [5, 5.41) is 10.2. The van der Waals surface area contributed by atoms with Crippen molar-refractivity contribution in [2.24, 2.45) is 0 Å². The third-order valence-electron chi connectivity index (χ3n) is 3.11. The quantitative estimate of drug-likeness (QED) is 0.849. The number of hydrogen-bond acceptors (Lipinski definition) is 5. The summed E-state index contributed by atoms with van der Waals surface area (Å²) in [5.41, 5.74) is 0.640. The zero-order valence-corrected chi connectivity index (χ0v) is 10.2. The second-order valence-corrected chi connectivity index (χ2v) is 4.52. The third kappa shape index (κ3) is 2.63. The first-order chi connectivity index (χ1) is 8.12. The van der Waals surface area contributed by atoms with Crippen LogP contribution in [0.5, 0.6) is 0 Å². The number of carbonyl (C=O) groups is 1. The molecule has 1 aliphatic rings. The Morgan fingerprint density at radius 3 is 2.88 bits per heavy atom. The molecular weight excluding hydrogens is 222 g/mol. The number of aryl methyl sites for hydroxylation is 1. The van der Waals surface area contributed by atoms with Crippen molar-refractivity contribution in [1.82, 2.24) is 15.6 Å². The van der Waals surface area contributed by atoms with Crippen LogP contribution in [0.25, 0.3) is 0 Å². The first kappa shape index (κ1) is 12.0. The molecule has 1 aromatic rings. The van der Waals surface area contributed by atoms with Crippen LogP contribution in [0.3, 0.4) is 0 Å². The van der Waals surface area contributed by atoms with Gasteiger partial charge >= 0.3 is 0 Å². The lowest BCUT2D eigenvalue weighted by Crippen LogP contribution is -2.48. The molecule has 1 aliphatic heterocycles. The van der Waals surface area contributed by atoms with Gasteiger partial charge in [-0.25, -0.2) is 4.63 Å². The second-order valence-electron chi connectivity index (χ2n) is 4.52. The van der Waals surface area contributed by atoms with Gasteiger partial charge in [-0.05, 0) is 33.1 Å². The molecule has 0 aromatic carbocycles. The number of rotatable bonds is 3. The van der Waals surface area contributed by atoms with E-state index in [1.54, 1.807) is 6.92 Å². The molecule has 0 saturated carbocycles. The minimum atomic E-state index is -0.705. The van der Waals surface area contributed by atoms with E-state index >= 15 is 0 Å². The third-order valence-corrected chi connectivity index (χ3v) is 3.11. The van der Waals surface area contributed by atoms with Crippen molar-refractivity contribution in [2.75, 3.05) is 6.61 Å². The fraction of sp³-hybridized carbons (Fsp3) is 0.727. The Hall–Kier alpha value is -1.43. The van der Waals surface area contributed by atoms with Crippen molar-refractivity contribution < 1.29 is 14.2 Å². The largest absolute Gasteiger partial charge is 0.365 e. The molecule has 0 aliphatic carbocycles. The maximum Gasteiger partial charge on any atom is 0.252 e. The van der Waals surface area contributed by atoms with E-state index in [2.05, 4.69) is 20.3 Å². The van der Waals surface area contributed by atoms with Crippen LogP contribution in [0, 0.1) is 6.92 Å². The summed E-state index contributed by atoms with van der Waals surface area (Å²) < 4.78 is 10.1. The van der Waals surface area contributed by atoms with E-state index in [1.165, 1.54) is 0 Å². The highest BCUT2D eigenvalue weighted by Crippen LogP contribution is 2.24. The number of nitrogens with one attached hydrogen (secondary N) is 1. The van der Waals surface area contributed by atoms with E-state index in [4.69, 9.17) is 4.74 Å². The summed E-state index contributed by atoms with van der Waals surface area (Å²) in [4.78, 5) is 12.0. The van der Waals surface area contributed by atoms with Crippen molar-refractivity contribution in [2.45, 2.75) is 45.3 Å². The fourth-order valence-electron chi connectivity index (χ4n) is 1.87. The highest BCUT2D eigenvalue weighted by atomic mass is 16.6. The van der Waals surface area contributed by atoms with Crippen LogP contribution in [0.4, 0.5) is 0 Å². The SMILES string of the molecule is Cc1nonc1CNC(=O)C1(C)CCCCO1. The van der Waals surface area contributed by atoms with Crippen LogP contribution in [-0.2, 0) is 16.1 Å². The van der Waals surface area contributed by atoms with E-state index < -0.39 is 5.60 Å². The predicted molar refractivity (Wildman–Crippen MR) is 59.1 cm³/mol. The average molecular weight is 239 g/mol. The summed E-state index contributed by atoms with van der Waals surface area (Å²) in [6.45, 7) is 4.59. The number of carbonyl (C=O) groups excluding carboxylic acids is 1. The molecule has 0 radical (unpaired) electrons. The summed E-state index contributed by atoms with van der Waals surface area (Å²) in [6, 6.07) is 0.